The van der Waals surface area contributed by atoms with Crippen molar-refractivity contribution >= 4 is 0 Å². The summed E-state index contributed by atoms with van der Waals surface area (Å²) in [4.78, 5) is 6.06. The number of hydrogen-bond acceptors (Lipinski definition) is 1. The van der Waals surface area contributed by atoms with Crippen molar-refractivity contribution in [3.8, 4) is 0 Å². The van der Waals surface area contributed by atoms with Crippen molar-refractivity contribution in [2.75, 3.05) is 6.54 Å². The molecule has 2 aromatic rings. The first-order valence-electron chi connectivity index (χ1n) is 7.81. The van der Waals surface area contributed by atoms with Gasteiger partial charge in [-0.2, -0.15) is 0 Å². The number of nitrogens with zero attached hydrogens (tertiary/aromatic N) is 1. The molecule has 3 heterocycles. The van der Waals surface area contributed by atoms with E-state index in [2.05, 4.69) is 46.3 Å². The van der Waals surface area contributed by atoms with E-state index in [4.69, 9.17) is 0 Å². The van der Waals surface area contributed by atoms with E-state index in [0.717, 1.165) is 18.5 Å². The molecule has 3 aliphatic rings. The summed E-state index contributed by atoms with van der Waals surface area (Å²) < 4.78 is 0. The summed E-state index contributed by atoms with van der Waals surface area (Å²) in [6.07, 6.45) is 7.29. The highest BCUT2D eigenvalue weighted by molar-refractivity contribution is 5.30. The second-order valence-corrected chi connectivity index (χ2v) is 6.40. The van der Waals surface area contributed by atoms with Gasteiger partial charge in [-0.25, -0.2) is 0 Å². The van der Waals surface area contributed by atoms with Crippen molar-refractivity contribution in [2.45, 2.75) is 38.3 Å². The molecule has 5 rings (SSSR count). The number of piperidine rings is 1. The third kappa shape index (κ3) is 2.29. The molecule has 0 spiro atoms. The molecule has 2 aliphatic heterocycles. The van der Waals surface area contributed by atoms with Gasteiger partial charge in [0.2, 0.25) is 0 Å². The minimum atomic E-state index is 0.719. The van der Waals surface area contributed by atoms with Crippen LogP contribution < -0.4 is 0 Å². The SMILES string of the molecule is c1c[nH]c(CN2C[C@@H]3CC[C@@H]2Cc2ccccc2C3)c1. The molecule has 0 saturated carbocycles. The van der Waals surface area contributed by atoms with Crippen molar-refractivity contribution in [2.24, 2.45) is 5.92 Å². The summed E-state index contributed by atoms with van der Waals surface area (Å²) in [6, 6.07) is 14.1. The monoisotopic (exact) mass is 266 g/mol. The van der Waals surface area contributed by atoms with Gasteiger partial charge in [0.15, 0.2) is 0 Å². The molecule has 0 radical (unpaired) electrons. The van der Waals surface area contributed by atoms with Gasteiger partial charge >= 0.3 is 0 Å². The lowest BCUT2D eigenvalue weighted by molar-refractivity contribution is 0.0927. The van der Waals surface area contributed by atoms with Crippen LogP contribution in [0.15, 0.2) is 42.6 Å². The van der Waals surface area contributed by atoms with Gasteiger partial charge in [-0.05, 0) is 54.9 Å². The standard InChI is InChI=1S/C18H22N2/c1-2-5-16-11-18-8-7-14(10-15(16)4-1)12-20(18)13-17-6-3-9-19-17/h1-6,9,14,18-19H,7-8,10-13H2/t14-,18-/m1/s1. The second-order valence-electron chi connectivity index (χ2n) is 6.40. The summed E-state index contributed by atoms with van der Waals surface area (Å²) in [7, 11) is 0. The third-order valence-corrected chi connectivity index (χ3v) is 5.04. The van der Waals surface area contributed by atoms with Crippen LogP contribution in [0, 0.1) is 5.92 Å². The predicted octanol–water partition coefficient (Wildman–Crippen LogP) is 3.39. The molecule has 1 aromatic carbocycles. The van der Waals surface area contributed by atoms with Crippen molar-refractivity contribution in [3.63, 3.8) is 0 Å². The smallest absolute Gasteiger partial charge is 0.0388 e. The molecule has 2 bridgehead atoms. The van der Waals surface area contributed by atoms with Crippen molar-refractivity contribution in [3.05, 3.63) is 59.4 Å². The van der Waals surface area contributed by atoms with Crippen LogP contribution in [0.4, 0.5) is 0 Å². The van der Waals surface area contributed by atoms with Gasteiger partial charge in [0.1, 0.15) is 0 Å². The molecule has 1 saturated heterocycles. The zero-order valence-corrected chi connectivity index (χ0v) is 11.9. The van der Waals surface area contributed by atoms with Crippen LogP contribution in [-0.2, 0) is 19.4 Å². The quantitative estimate of drug-likeness (QED) is 0.882. The maximum atomic E-state index is 3.36. The summed E-state index contributed by atoms with van der Waals surface area (Å²) in [5.74, 6) is 0.836. The van der Waals surface area contributed by atoms with Crippen LogP contribution in [0.1, 0.15) is 29.7 Å². The van der Waals surface area contributed by atoms with Crippen LogP contribution in [0.3, 0.4) is 0 Å². The van der Waals surface area contributed by atoms with Gasteiger partial charge < -0.3 is 4.98 Å². The van der Waals surface area contributed by atoms with E-state index in [1.54, 1.807) is 11.1 Å². The minimum absolute atomic E-state index is 0.719. The minimum Gasteiger partial charge on any atom is -0.364 e. The molecular formula is C18H22N2. The van der Waals surface area contributed by atoms with E-state index in [0.29, 0.717) is 0 Å². The fourth-order valence-corrected chi connectivity index (χ4v) is 3.98. The van der Waals surface area contributed by atoms with Crippen LogP contribution in [0.25, 0.3) is 0 Å². The Labute approximate surface area is 120 Å². The highest BCUT2D eigenvalue weighted by Crippen LogP contribution is 2.32. The Morgan fingerprint density at radius 3 is 2.65 bits per heavy atom. The molecule has 20 heavy (non-hydrogen) atoms. The number of nitrogens with one attached hydrogen (secondary N) is 1. The van der Waals surface area contributed by atoms with Gasteiger partial charge in [-0.3, -0.25) is 4.90 Å². The Morgan fingerprint density at radius 2 is 1.85 bits per heavy atom. The average molecular weight is 266 g/mol. The Bertz CT molecular complexity index is 573. The molecule has 1 aliphatic carbocycles. The highest BCUT2D eigenvalue weighted by Gasteiger charge is 2.31. The summed E-state index contributed by atoms with van der Waals surface area (Å²) in [5.41, 5.74) is 4.53. The molecule has 1 aromatic heterocycles. The number of aromatic amines is 1. The van der Waals surface area contributed by atoms with E-state index >= 15 is 0 Å². The number of fused-ring (bicyclic) bond motifs is 2. The zero-order chi connectivity index (χ0) is 13.4. The first-order chi connectivity index (χ1) is 9.88. The molecule has 0 amide bonds. The van der Waals surface area contributed by atoms with Crippen LogP contribution in [-0.4, -0.2) is 22.5 Å². The first-order valence-corrected chi connectivity index (χ1v) is 7.81. The number of H-pyrrole nitrogens is 1. The van der Waals surface area contributed by atoms with Crippen molar-refractivity contribution < 1.29 is 0 Å². The van der Waals surface area contributed by atoms with E-state index in [1.807, 2.05) is 6.20 Å². The summed E-state index contributed by atoms with van der Waals surface area (Å²) in [6.45, 7) is 2.34. The Kier molecular flexibility index (Phi) is 3.12. The summed E-state index contributed by atoms with van der Waals surface area (Å²) >= 11 is 0. The number of aromatic nitrogens is 1. The van der Waals surface area contributed by atoms with E-state index in [9.17, 15) is 0 Å². The number of benzene rings is 1. The van der Waals surface area contributed by atoms with Crippen molar-refractivity contribution in [1.29, 1.82) is 0 Å². The zero-order valence-electron chi connectivity index (χ0n) is 11.9. The van der Waals surface area contributed by atoms with Gasteiger partial charge in [-0.15, -0.1) is 0 Å². The topological polar surface area (TPSA) is 19.0 Å². The van der Waals surface area contributed by atoms with Gasteiger partial charge in [-0.1, -0.05) is 24.3 Å². The van der Waals surface area contributed by atoms with Gasteiger partial charge in [0.25, 0.3) is 0 Å². The maximum absolute atomic E-state index is 3.36. The van der Waals surface area contributed by atoms with Crippen molar-refractivity contribution in [1.82, 2.24) is 9.88 Å². The highest BCUT2D eigenvalue weighted by atomic mass is 15.2. The summed E-state index contributed by atoms with van der Waals surface area (Å²) in [5, 5.41) is 0. The number of hydrogen-bond donors (Lipinski definition) is 1. The molecule has 1 fully saturated rings. The van der Waals surface area contributed by atoms with Gasteiger partial charge in [0, 0.05) is 31.0 Å². The lowest BCUT2D eigenvalue weighted by Gasteiger charge is -2.42. The Balaban J connectivity index is 1.60. The number of rotatable bonds is 2. The van der Waals surface area contributed by atoms with E-state index in [1.165, 1.54) is 37.9 Å². The lowest BCUT2D eigenvalue weighted by atomic mass is 9.80. The third-order valence-electron chi connectivity index (χ3n) is 5.04. The second kappa shape index (κ2) is 5.10. The molecular weight excluding hydrogens is 244 g/mol. The normalized spacial score (nSPS) is 26.0. The molecule has 2 atom stereocenters. The lowest BCUT2D eigenvalue weighted by Crippen LogP contribution is -2.46. The van der Waals surface area contributed by atoms with E-state index in [-0.39, 0.29) is 0 Å². The largest absolute Gasteiger partial charge is 0.364 e. The molecule has 2 nitrogen and oxygen atoms in total. The maximum Gasteiger partial charge on any atom is 0.0388 e. The van der Waals surface area contributed by atoms with Crippen LogP contribution >= 0.6 is 0 Å². The fraction of sp³-hybridized carbons (Fsp3) is 0.444. The fourth-order valence-electron chi connectivity index (χ4n) is 3.98. The van der Waals surface area contributed by atoms with E-state index < -0.39 is 0 Å². The Hall–Kier alpha value is -1.54. The molecule has 1 N–H and O–H groups in total. The first kappa shape index (κ1) is 12.2. The predicted molar refractivity (Wildman–Crippen MR) is 81.6 cm³/mol. The van der Waals surface area contributed by atoms with Gasteiger partial charge in [0.05, 0.1) is 0 Å². The van der Waals surface area contributed by atoms with Crippen LogP contribution in [0.2, 0.25) is 0 Å². The molecule has 0 unspecified atom stereocenters. The Morgan fingerprint density at radius 1 is 1.00 bits per heavy atom. The average Bonchev–Trinajstić information content (AvgIpc) is 2.93. The van der Waals surface area contributed by atoms with Crippen LogP contribution in [0.5, 0.6) is 0 Å². The molecule has 2 heteroatoms. The molecule has 104 valence electrons.